The van der Waals surface area contributed by atoms with Crippen LogP contribution in [0.25, 0.3) is 0 Å². The van der Waals surface area contributed by atoms with Gasteiger partial charge >= 0.3 is 5.69 Å². The summed E-state index contributed by atoms with van der Waals surface area (Å²) in [5.74, 6) is -0.465. The normalized spacial score (nSPS) is 10.2. The van der Waals surface area contributed by atoms with Crippen LogP contribution < -0.4 is 11.0 Å². The molecule has 0 atom stereocenters. The van der Waals surface area contributed by atoms with E-state index in [1.165, 1.54) is 42.2 Å². The molecule has 7 heteroatoms. The summed E-state index contributed by atoms with van der Waals surface area (Å²) >= 11 is 1.18. The van der Waals surface area contributed by atoms with E-state index < -0.39 is 5.69 Å². The number of halogens is 1. The fourth-order valence-electron chi connectivity index (χ4n) is 1.31. The van der Waals surface area contributed by atoms with E-state index in [1.54, 1.807) is 6.07 Å². The molecule has 1 aromatic heterocycles. The summed E-state index contributed by atoms with van der Waals surface area (Å²) in [5.41, 5.74) is 0.0687. The molecule has 2 N–H and O–H groups in total. The van der Waals surface area contributed by atoms with Crippen molar-refractivity contribution >= 4 is 23.4 Å². The van der Waals surface area contributed by atoms with Gasteiger partial charge in [-0.2, -0.15) is 0 Å². The Hall–Kier alpha value is -2.15. The highest BCUT2D eigenvalue weighted by molar-refractivity contribution is 7.99. The Morgan fingerprint density at radius 1 is 1.32 bits per heavy atom. The second-order valence-electron chi connectivity index (χ2n) is 3.58. The van der Waals surface area contributed by atoms with Crippen LogP contribution in [0.3, 0.4) is 0 Å². The molecule has 1 heterocycles. The molecule has 19 heavy (non-hydrogen) atoms. The molecular formula is C12H10FN3O2S. The third kappa shape index (κ3) is 4.22. The van der Waals surface area contributed by atoms with Crippen LogP contribution in [0.4, 0.5) is 10.1 Å². The number of H-pyrrole nitrogens is 1. The van der Waals surface area contributed by atoms with Crippen LogP contribution in [0.15, 0.2) is 46.3 Å². The number of aromatic nitrogens is 2. The lowest BCUT2D eigenvalue weighted by Crippen LogP contribution is -2.15. The van der Waals surface area contributed by atoms with Crippen LogP contribution >= 0.6 is 11.8 Å². The van der Waals surface area contributed by atoms with E-state index in [1.807, 2.05) is 0 Å². The standard InChI is InChI=1S/C12H10FN3O2S/c13-8-1-3-9(4-2-8)15-10(17)7-19-11-5-6-14-12(18)16-11/h1-6H,7H2,(H,15,17)(H,14,16,18). The Bertz CT molecular complexity index is 627. The van der Waals surface area contributed by atoms with Crippen molar-refractivity contribution in [1.29, 1.82) is 0 Å². The highest BCUT2D eigenvalue weighted by Crippen LogP contribution is 2.14. The summed E-state index contributed by atoms with van der Waals surface area (Å²) in [4.78, 5) is 28.5. The van der Waals surface area contributed by atoms with E-state index in [0.29, 0.717) is 10.7 Å². The van der Waals surface area contributed by atoms with Crippen LogP contribution in [0.1, 0.15) is 0 Å². The molecule has 1 amide bonds. The van der Waals surface area contributed by atoms with Crippen molar-refractivity contribution in [2.75, 3.05) is 11.1 Å². The SMILES string of the molecule is O=C(CSc1ccnc(=O)[nH]1)Nc1ccc(F)cc1. The van der Waals surface area contributed by atoms with Gasteiger partial charge in [0, 0.05) is 11.9 Å². The van der Waals surface area contributed by atoms with Crippen LogP contribution in [0.5, 0.6) is 0 Å². The fraction of sp³-hybridized carbons (Fsp3) is 0.0833. The van der Waals surface area contributed by atoms with Gasteiger partial charge in [-0.1, -0.05) is 11.8 Å². The number of aromatic amines is 1. The first kappa shape index (κ1) is 13.3. The van der Waals surface area contributed by atoms with Gasteiger partial charge in [0.2, 0.25) is 5.91 Å². The van der Waals surface area contributed by atoms with E-state index in [-0.39, 0.29) is 17.5 Å². The molecule has 0 radical (unpaired) electrons. The molecule has 2 rings (SSSR count). The van der Waals surface area contributed by atoms with Gasteiger partial charge < -0.3 is 10.3 Å². The van der Waals surface area contributed by atoms with Crippen LogP contribution in [0.2, 0.25) is 0 Å². The number of hydrogen-bond donors (Lipinski definition) is 2. The number of nitrogens with zero attached hydrogens (tertiary/aromatic N) is 1. The summed E-state index contributed by atoms with van der Waals surface area (Å²) in [6.07, 6.45) is 1.37. The monoisotopic (exact) mass is 279 g/mol. The molecule has 2 aromatic rings. The number of benzene rings is 1. The Labute approximate surface area is 112 Å². The molecule has 0 aliphatic carbocycles. The van der Waals surface area contributed by atoms with Crippen molar-refractivity contribution in [3.05, 3.63) is 52.8 Å². The molecule has 0 aliphatic heterocycles. The number of carbonyl (C=O) groups excluding carboxylic acids is 1. The molecule has 1 aromatic carbocycles. The summed E-state index contributed by atoms with van der Waals surface area (Å²) in [5, 5.41) is 3.18. The van der Waals surface area contributed by atoms with Crippen molar-refractivity contribution in [3.63, 3.8) is 0 Å². The van der Waals surface area contributed by atoms with Gasteiger partial charge in [-0.25, -0.2) is 14.2 Å². The molecule has 0 saturated carbocycles. The lowest BCUT2D eigenvalue weighted by Gasteiger charge is -2.04. The van der Waals surface area contributed by atoms with Crippen LogP contribution in [0, 0.1) is 5.82 Å². The summed E-state index contributed by atoms with van der Waals surface area (Å²) in [7, 11) is 0. The highest BCUT2D eigenvalue weighted by atomic mass is 32.2. The molecule has 0 unspecified atom stereocenters. The van der Waals surface area contributed by atoms with Gasteiger partial charge in [0.25, 0.3) is 0 Å². The average Bonchev–Trinajstić information content (AvgIpc) is 2.39. The van der Waals surface area contributed by atoms with E-state index in [4.69, 9.17) is 0 Å². The minimum atomic E-state index is -0.455. The molecule has 0 saturated heterocycles. The number of nitrogens with one attached hydrogen (secondary N) is 2. The van der Waals surface area contributed by atoms with E-state index >= 15 is 0 Å². The highest BCUT2D eigenvalue weighted by Gasteiger charge is 2.04. The smallest absolute Gasteiger partial charge is 0.325 e. The van der Waals surface area contributed by atoms with Crippen LogP contribution in [-0.2, 0) is 4.79 Å². The van der Waals surface area contributed by atoms with Gasteiger partial charge in [0.05, 0.1) is 10.8 Å². The molecule has 0 spiro atoms. The van der Waals surface area contributed by atoms with Gasteiger partial charge in [-0.05, 0) is 30.3 Å². The summed E-state index contributed by atoms with van der Waals surface area (Å²) in [6.45, 7) is 0. The number of thioether (sulfide) groups is 1. The third-order valence-electron chi connectivity index (χ3n) is 2.13. The van der Waals surface area contributed by atoms with Gasteiger partial charge in [-0.3, -0.25) is 4.79 Å². The number of anilines is 1. The maximum Gasteiger partial charge on any atom is 0.345 e. The largest absolute Gasteiger partial charge is 0.345 e. The number of carbonyl (C=O) groups is 1. The predicted octanol–water partition coefficient (Wildman–Crippen LogP) is 1.64. The lowest BCUT2D eigenvalue weighted by atomic mass is 10.3. The first-order chi connectivity index (χ1) is 9.13. The molecule has 0 fully saturated rings. The van der Waals surface area contributed by atoms with E-state index in [2.05, 4.69) is 15.3 Å². The minimum Gasteiger partial charge on any atom is -0.325 e. The molecular weight excluding hydrogens is 269 g/mol. The first-order valence-corrected chi connectivity index (χ1v) is 6.35. The maximum atomic E-state index is 12.7. The summed E-state index contributed by atoms with van der Waals surface area (Å²) < 4.78 is 12.7. The topological polar surface area (TPSA) is 74.8 Å². The molecule has 0 aliphatic rings. The van der Waals surface area contributed by atoms with Crippen molar-refractivity contribution in [2.45, 2.75) is 5.03 Å². The molecule has 5 nitrogen and oxygen atoms in total. The second kappa shape index (κ2) is 6.14. The maximum absolute atomic E-state index is 12.7. The van der Waals surface area contributed by atoms with Crippen molar-refractivity contribution in [3.8, 4) is 0 Å². The van der Waals surface area contributed by atoms with Gasteiger partial charge in [0.15, 0.2) is 0 Å². The number of hydrogen-bond acceptors (Lipinski definition) is 4. The Morgan fingerprint density at radius 2 is 2.05 bits per heavy atom. The zero-order valence-corrected chi connectivity index (χ0v) is 10.5. The lowest BCUT2D eigenvalue weighted by molar-refractivity contribution is -0.113. The second-order valence-corrected chi connectivity index (χ2v) is 4.60. The number of rotatable bonds is 4. The zero-order chi connectivity index (χ0) is 13.7. The predicted molar refractivity (Wildman–Crippen MR) is 70.6 cm³/mol. The van der Waals surface area contributed by atoms with Crippen molar-refractivity contribution in [1.82, 2.24) is 9.97 Å². The van der Waals surface area contributed by atoms with Crippen LogP contribution in [-0.4, -0.2) is 21.6 Å². The zero-order valence-electron chi connectivity index (χ0n) is 9.72. The fourth-order valence-corrected chi connectivity index (χ4v) is 1.99. The minimum absolute atomic E-state index is 0.136. The third-order valence-corrected chi connectivity index (χ3v) is 3.09. The van der Waals surface area contributed by atoms with Crippen molar-refractivity contribution < 1.29 is 9.18 Å². The molecule has 98 valence electrons. The van der Waals surface area contributed by atoms with E-state index in [9.17, 15) is 14.0 Å². The Morgan fingerprint density at radius 3 is 2.74 bits per heavy atom. The first-order valence-electron chi connectivity index (χ1n) is 5.37. The number of amides is 1. The molecule has 0 bridgehead atoms. The quantitative estimate of drug-likeness (QED) is 0.659. The average molecular weight is 279 g/mol. The van der Waals surface area contributed by atoms with Crippen molar-refractivity contribution in [2.24, 2.45) is 0 Å². The Balaban J connectivity index is 1.88. The van der Waals surface area contributed by atoms with Gasteiger partial charge in [0.1, 0.15) is 5.82 Å². The van der Waals surface area contributed by atoms with E-state index in [0.717, 1.165) is 0 Å². The summed E-state index contributed by atoms with van der Waals surface area (Å²) in [6, 6.07) is 7.10. The van der Waals surface area contributed by atoms with Gasteiger partial charge in [-0.15, -0.1) is 0 Å². The Kier molecular flexibility index (Phi) is 4.30.